The summed E-state index contributed by atoms with van der Waals surface area (Å²) in [5.74, 6) is 0. The van der Waals surface area contributed by atoms with Gasteiger partial charge in [-0.05, 0) is 13.8 Å². The van der Waals surface area contributed by atoms with Gasteiger partial charge in [0.05, 0.1) is 6.42 Å². The van der Waals surface area contributed by atoms with Crippen molar-refractivity contribution in [3.8, 4) is 0 Å². The molecule has 0 heterocycles. The molecule has 0 saturated heterocycles. The molecule has 0 fully saturated rings. The predicted octanol–water partition coefficient (Wildman–Crippen LogP) is 2.33. The van der Waals surface area contributed by atoms with Crippen LogP contribution in [-0.4, -0.2) is 34.9 Å². The minimum absolute atomic E-state index is 0.653. The maximum absolute atomic E-state index is 12.0. The first-order chi connectivity index (χ1) is 5.56. The molecule has 0 rings (SSSR count). The summed E-state index contributed by atoms with van der Waals surface area (Å²) in [7, 11) is 1.12. The van der Waals surface area contributed by atoms with Crippen LogP contribution < -0.4 is 0 Å². The number of hydrogen-bond donors (Lipinski definition) is 1. The molecule has 0 unspecified atom stereocenters. The van der Waals surface area contributed by atoms with Crippen molar-refractivity contribution in [1.82, 2.24) is 4.90 Å². The third-order valence-electron chi connectivity index (χ3n) is 1.83. The Kier molecular flexibility index (Phi) is 3.18. The second kappa shape index (κ2) is 3.43. The SMILES string of the molecule is CN(C(=O)O)C(C)(C)CC(F)(F)F. The van der Waals surface area contributed by atoms with E-state index in [0.29, 0.717) is 4.90 Å². The van der Waals surface area contributed by atoms with Gasteiger partial charge in [0.25, 0.3) is 0 Å². The first-order valence-corrected chi connectivity index (χ1v) is 3.60. The van der Waals surface area contributed by atoms with Gasteiger partial charge in [0, 0.05) is 12.6 Å². The van der Waals surface area contributed by atoms with Crippen molar-refractivity contribution in [3.63, 3.8) is 0 Å². The standard InChI is InChI=1S/C7H12F3NO2/c1-6(2,4-7(8,9)10)11(3)5(12)13/h4H2,1-3H3,(H,12,13). The summed E-state index contributed by atoms with van der Waals surface area (Å²) in [6.07, 6.45) is -6.87. The molecular formula is C7H12F3NO2. The average Bonchev–Trinajstić information content (AvgIpc) is 1.80. The molecule has 0 aromatic rings. The molecule has 3 nitrogen and oxygen atoms in total. The molecule has 6 heteroatoms. The van der Waals surface area contributed by atoms with Crippen LogP contribution in [0.2, 0.25) is 0 Å². The summed E-state index contributed by atoms with van der Waals surface area (Å²) in [6.45, 7) is 2.46. The molecule has 0 aliphatic rings. The van der Waals surface area contributed by atoms with E-state index in [1.807, 2.05) is 0 Å². The number of alkyl halides is 3. The molecule has 0 spiro atoms. The number of halogens is 3. The Bertz CT molecular complexity index is 200. The number of amides is 1. The van der Waals surface area contributed by atoms with Gasteiger partial charge in [0.15, 0.2) is 0 Å². The Balaban J connectivity index is 4.48. The molecule has 0 saturated carbocycles. The molecule has 0 radical (unpaired) electrons. The summed E-state index contributed by atoms with van der Waals surface area (Å²) in [6, 6.07) is 0. The lowest BCUT2D eigenvalue weighted by atomic mass is 9.99. The lowest BCUT2D eigenvalue weighted by Gasteiger charge is -2.33. The van der Waals surface area contributed by atoms with E-state index in [0.717, 1.165) is 7.05 Å². The van der Waals surface area contributed by atoms with Crippen molar-refractivity contribution >= 4 is 6.09 Å². The maximum atomic E-state index is 12.0. The number of rotatable bonds is 2. The van der Waals surface area contributed by atoms with Gasteiger partial charge in [0.2, 0.25) is 0 Å². The fraction of sp³-hybridized carbons (Fsp3) is 0.857. The Morgan fingerprint density at radius 3 is 2.00 bits per heavy atom. The van der Waals surface area contributed by atoms with Crippen molar-refractivity contribution in [3.05, 3.63) is 0 Å². The third kappa shape index (κ3) is 4.00. The second-order valence-electron chi connectivity index (χ2n) is 3.45. The second-order valence-corrected chi connectivity index (χ2v) is 3.45. The number of nitrogens with zero attached hydrogens (tertiary/aromatic N) is 1. The van der Waals surface area contributed by atoms with Crippen LogP contribution in [0.1, 0.15) is 20.3 Å². The molecule has 0 bridgehead atoms. The van der Waals surface area contributed by atoms with Crippen LogP contribution in [0.4, 0.5) is 18.0 Å². The zero-order valence-corrected chi connectivity index (χ0v) is 7.64. The Hall–Kier alpha value is -0.940. The van der Waals surface area contributed by atoms with Crippen LogP contribution in [0.3, 0.4) is 0 Å². The molecular weight excluding hydrogens is 187 g/mol. The van der Waals surface area contributed by atoms with Crippen LogP contribution in [0, 0.1) is 0 Å². The van der Waals surface area contributed by atoms with Crippen LogP contribution in [0.5, 0.6) is 0 Å². The smallest absolute Gasteiger partial charge is 0.407 e. The molecule has 0 aromatic heterocycles. The maximum Gasteiger partial charge on any atom is 0.407 e. The lowest BCUT2D eigenvalue weighted by molar-refractivity contribution is -0.154. The van der Waals surface area contributed by atoms with Crippen molar-refractivity contribution in [1.29, 1.82) is 0 Å². The molecule has 1 N–H and O–H groups in total. The van der Waals surface area contributed by atoms with Crippen molar-refractivity contribution in [2.75, 3.05) is 7.05 Å². The van der Waals surface area contributed by atoms with Crippen LogP contribution in [0.15, 0.2) is 0 Å². The summed E-state index contributed by atoms with van der Waals surface area (Å²) in [5.41, 5.74) is -1.43. The summed E-state index contributed by atoms with van der Waals surface area (Å²) >= 11 is 0. The summed E-state index contributed by atoms with van der Waals surface area (Å²) in [4.78, 5) is 11.0. The van der Waals surface area contributed by atoms with Gasteiger partial charge in [-0.25, -0.2) is 4.79 Å². The summed E-state index contributed by atoms with van der Waals surface area (Å²) < 4.78 is 35.9. The zero-order chi connectivity index (χ0) is 10.9. The molecule has 0 aromatic carbocycles. The van der Waals surface area contributed by atoms with E-state index >= 15 is 0 Å². The van der Waals surface area contributed by atoms with Gasteiger partial charge in [-0.2, -0.15) is 13.2 Å². The highest BCUT2D eigenvalue weighted by Crippen LogP contribution is 2.30. The quantitative estimate of drug-likeness (QED) is 0.741. The number of hydrogen-bond acceptors (Lipinski definition) is 1. The fourth-order valence-electron chi connectivity index (χ4n) is 0.868. The van der Waals surface area contributed by atoms with E-state index in [2.05, 4.69) is 0 Å². The Morgan fingerprint density at radius 2 is 1.77 bits per heavy atom. The molecule has 0 aliphatic heterocycles. The van der Waals surface area contributed by atoms with E-state index in [-0.39, 0.29) is 0 Å². The van der Waals surface area contributed by atoms with Crippen molar-refractivity contribution in [2.24, 2.45) is 0 Å². The molecule has 0 aliphatic carbocycles. The van der Waals surface area contributed by atoms with Crippen LogP contribution in [-0.2, 0) is 0 Å². The fourth-order valence-corrected chi connectivity index (χ4v) is 0.868. The molecule has 78 valence electrons. The average molecular weight is 199 g/mol. The molecule has 13 heavy (non-hydrogen) atoms. The van der Waals surface area contributed by atoms with Gasteiger partial charge >= 0.3 is 12.3 Å². The highest BCUT2D eigenvalue weighted by atomic mass is 19.4. The van der Waals surface area contributed by atoms with E-state index in [1.54, 1.807) is 0 Å². The minimum Gasteiger partial charge on any atom is -0.465 e. The van der Waals surface area contributed by atoms with Gasteiger partial charge in [-0.15, -0.1) is 0 Å². The molecule has 0 atom stereocenters. The Labute approximate surface area is 74.1 Å². The van der Waals surface area contributed by atoms with Crippen molar-refractivity contribution < 1.29 is 23.1 Å². The first-order valence-electron chi connectivity index (χ1n) is 3.60. The van der Waals surface area contributed by atoms with Gasteiger partial charge < -0.3 is 10.0 Å². The largest absolute Gasteiger partial charge is 0.465 e. The highest BCUT2D eigenvalue weighted by Gasteiger charge is 2.40. The predicted molar refractivity (Wildman–Crippen MR) is 40.5 cm³/mol. The summed E-state index contributed by atoms with van der Waals surface area (Å²) in [5, 5.41) is 8.47. The van der Waals surface area contributed by atoms with E-state index in [9.17, 15) is 18.0 Å². The lowest BCUT2D eigenvalue weighted by Crippen LogP contribution is -2.47. The first kappa shape index (κ1) is 12.1. The van der Waals surface area contributed by atoms with Crippen LogP contribution >= 0.6 is 0 Å². The Morgan fingerprint density at radius 1 is 1.38 bits per heavy atom. The number of carbonyl (C=O) groups is 1. The molecule has 1 amide bonds. The van der Waals surface area contributed by atoms with Gasteiger partial charge in [-0.3, -0.25) is 0 Å². The normalized spacial score (nSPS) is 12.8. The highest BCUT2D eigenvalue weighted by molar-refractivity contribution is 5.65. The minimum atomic E-state index is -4.35. The monoisotopic (exact) mass is 199 g/mol. The van der Waals surface area contributed by atoms with Gasteiger partial charge in [0.1, 0.15) is 0 Å². The van der Waals surface area contributed by atoms with E-state index in [1.165, 1.54) is 13.8 Å². The zero-order valence-electron chi connectivity index (χ0n) is 7.64. The van der Waals surface area contributed by atoms with E-state index < -0.39 is 24.2 Å². The third-order valence-corrected chi connectivity index (χ3v) is 1.83. The van der Waals surface area contributed by atoms with Gasteiger partial charge in [-0.1, -0.05) is 0 Å². The topological polar surface area (TPSA) is 40.5 Å². The van der Waals surface area contributed by atoms with Crippen LogP contribution in [0.25, 0.3) is 0 Å². The van der Waals surface area contributed by atoms with Crippen molar-refractivity contribution in [2.45, 2.75) is 32.0 Å². The van der Waals surface area contributed by atoms with E-state index in [4.69, 9.17) is 5.11 Å². The number of carboxylic acid groups (broad SMARTS) is 1.